The third-order valence-corrected chi connectivity index (χ3v) is 5.45. The highest BCUT2D eigenvalue weighted by molar-refractivity contribution is 5.81. The van der Waals surface area contributed by atoms with E-state index in [1.165, 1.54) is 83.5 Å². The van der Waals surface area contributed by atoms with E-state index in [4.69, 9.17) is 0 Å². The number of rotatable bonds is 19. The second kappa shape index (κ2) is 20.4. The molecule has 1 N–H and O–H groups in total. The smallest absolute Gasteiger partial charge is 0.240 e. The van der Waals surface area contributed by atoms with E-state index in [1.54, 1.807) is 6.21 Å². The van der Waals surface area contributed by atoms with Gasteiger partial charge in [-0.05, 0) is 18.1 Å². The Labute approximate surface area is 185 Å². The Kier molecular flexibility index (Phi) is 17.8. The van der Waals surface area contributed by atoms with Gasteiger partial charge in [-0.15, -0.1) is 0 Å². The molecule has 0 spiro atoms. The van der Waals surface area contributed by atoms with Crippen LogP contribution in [0.3, 0.4) is 0 Å². The van der Waals surface area contributed by atoms with Crippen LogP contribution in [0.1, 0.15) is 115 Å². The maximum absolute atomic E-state index is 11.8. The van der Waals surface area contributed by atoms with Crippen molar-refractivity contribution in [1.29, 1.82) is 0 Å². The van der Waals surface area contributed by atoms with E-state index in [9.17, 15) is 4.79 Å². The Hall–Kier alpha value is -1.90. The van der Waals surface area contributed by atoms with E-state index in [-0.39, 0.29) is 5.91 Å². The van der Waals surface area contributed by atoms with Crippen molar-refractivity contribution in [3.63, 3.8) is 0 Å². The standard InChI is InChI=1S/C27H44N2O/c1-2-3-4-5-6-7-8-9-10-11-12-13-14-15-19-24-27(30)29-28-25-20-23-26-21-17-16-18-22-26/h16-18,20-23,25H,2-15,19,24H2,1H3,(H,29,30)/b23-20-,28-25-. The van der Waals surface area contributed by atoms with Crippen LogP contribution in [0.5, 0.6) is 0 Å². The number of hydrogen-bond donors (Lipinski definition) is 1. The summed E-state index contributed by atoms with van der Waals surface area (Å²) in [7, 11) is 0. The number of carbonyl (C=O) groups is 1. The first-order valence-electron chi connectivity index (χ1n) is 12.4. The molecule has 0 aliphatic rings. The molecule has 30 heavy (non-hydrogen) atoms. The van der Waals surface area contributed by atoms with Crippen LogP contribution in [0.4, 0.5) is 0 Å². The van der Waals surface area contributed by atoms with Crippen LogP contribution < -0.4 is 5.43 Å². The lowest BCUT2D eigenvalue weighted by molar-refractivity contribution is -0.121. The number of amides is 1. The molecule has 0 unspecified atom stereocenters. The van der Waals surface area contributed by atoms with Crippen LogP contribution in [0.2, 0.25) is 0 Å². The molecule has 3 heteroatoms. The third kappa shape index (κ3) is 17.0. The molecule has 0 aliphatic heterocycles. The summed E-state index contributed by atoms with van der Waals surface area (Å²) in [6.07, 6.45) is 26.1. The molecule has 0 aromatic heterocycles. The quantitative estimate of drug-likeness (QED) is 0.139. The maximum atomic E-state index is 11.8. The van der Waals surface area contributed by atoms with Crippen LogP contribution in [0.15, 0.2) is 41.5 Å². The first-order chi connectivity index (χ1) is 14.8. The fourth-order valence-corrected chi connectivity index (χ4v) is 3.58. The second-order valence-corrected chi connectivity index (χ2v) is 8.28. The van der Waals surface area contributed by atoms with E-state index in [1.807, 2.05) is 42.5 Å². The van der Waals surface area contributed by atoms with Crippen molar-refractivity contribution < 1.29 is 4.79 Å². The molecule has 1 amide bonds. The minimum atomic E-state index is 0.00838. The van der Waals surface area contributed by atoms with Crippen LogP contribution >= 0.6 is 0 Å². The average molecular weight is 413 g/mol. The maximum Gasteiger partial charge on any atom is 0.240 e. The molecule has 1 rings (SSSR count). The minimum absolute atomic E-state index is 0.00838. The molecule has 168 valence electrons. The Balaban J connectivity index is 1.82. The molecule has 1 aromatic rings. The summed E-state index contributed by atoms with van der Waals surface area (Å²) in [5.74, 6) is 0.00838. The zero-order chi connectivity index (χ0) is 21.5. The predicted molar refractivity (Wildman–Crippen MR) is 132 cm³/mol. The molecule has 0 saturated carbocycles. The molecule has 0 aliphatic carbocycles. The van der Waals surface area contributed by atoms with Gasteiger partial charge in [0.15, 0.2) is 0 Å². The zero-order valence-corrected chi connectivity index (χ0v) is 19.3. The van der Waals surface area contributed by atoms with Gasteiger partial charge < -0.3 is 0 Å². The van der Waals surface area contributed by atoms with Gasteiger partial charge in [0, 0.05) is 12.6 Å². The molecule has 0 saturated heterocycles. The summed E-state index contributed by atoms with van der Waals surface area (Å²) >= 11 is 0. The van der Waals surface area contributed by atoms with Gasteiger partial charge in [0.05, 0.1) is 0 Å². The fraction of sp³-hybridized carbons (Fsp3) is 0.630. The van der Waals surface area contributed by atoms with Crippen LogP contribution in [-0.2, 0) is 4.79 Å². The highest BCUT2D eigenvalue weighted by atomic mass is 16.2. The summed E-state index contributed by atoms with van der Waals surface area (Å²) in [6, 6.07) is 10.0. The van der Waals surface area contributed by atoms with Crippen LogP contribution in [-0.4, -0.2) is 12.1 Å². The van der Waals surface area contributed by atoms with Crippen molar-refractivity contribution in [2.24, 2.45) is 5.10 Å². The predicted octanol–water partition coefficient (Wildman–Crippen LogP) is 8.06. The van der Waals surface area contributed by atoms with Gasteiger partial charge in [-0.2, -0.15) is 5.10 Å². The Morgan fingerprint density at radius 3 is 1.80 bits per heavy atom. The molecule has 0 fully saturated rings. The van der Waals surface area contributed by atoms with Crippen LogP contribution in [0.25, 0.3) is 6.08 Å². The summed E-state index contributed by atoms with van der Waals surface area (Å²) in [5.41, 5.74) is 3.72. The van der Waals surface area contributed by atoms with E-state index >= 15 is 0 Å². The highest BCUT2D eigenvalue weighted by Gasteiger charge is 1.99. The summed E-state index contributed by atoms with van der Waals surface area (Å²) in [5, 5.41) is 3.96. The number of hydrogen-bond acceptors (Lipinski definition) is 2. The van der Waals surface area contributed by atoms with Gasteiger partial charge in [0.1, 0.15) is 0 Å². The molecular formula is C27H44N2O. The number of nitrogens with one attached hydrogen (secondary N) is 1. The van der Waals surface area contributed by atoms with E-state index in [0.29, 0.717) is 6.42 Å². The molecule has 0 bridgehead atoms. The Morgan fingerprint density at radius 2 is 1.27 bits per heavy atom. The lowest BCUT2D eigenvalue weighted by atomic mass is 10.0. The number of hydrazone groups is 1. The van der Waals surface area contributed by atoms with Crippen molar-refractivity contribution in [3.8, 4) is 0 Å². The molecule has 1 aromatic carbocycles. The van der Waals surface area contributed by atoms with Crippen molar-refractivity contribution >= 4 is 18.2 Å². The van der Waals surface area contributed by atoms with Crippen molar-refractivity contribution in [3.05, 3.63) is 42.0 Å². The number of unbranched alkanes of at least 4 members (excludes halogenated alkanes) is 14. The van der Waals surface area contributed by atoms with Gasteiger partial charge in [-0.3, -0.25) is 4.79 Å². The minimum Gasteiger partial charge on any atom is -0.273 e. The third-order valence-electron chi connectivity index (χ3n) is 5.45. The number of benzene rings is 1. The molecule has 0 heterocycles. The van der Waals surface area contributed by atoms with Crippen molar-refractivity contribution in [1.82, 2.24) is 5.43 Å². The molecule has 0 radical (unpaired) electrons. The van der Waals surface area contributed by atoms with Crippen LogP contribution in [0, 0.1) is 0 Å². The summed E-state index contributed by atoms with van der Waals surface area (Å²) < 4.78 is 0. The van der Waals surface area contributed by atoms with Gasteiger partial charge in [0.2, 0.25) is 5.91 Å². The van der Waals surface area contributed by atoms with Crippen molar-refractivity contribution in [2.75, 3.05) is 0 Å². The molecular weight excluding hydrogens is 368 g/mol. The number of carbonyl (C=O) groups excluding carboxylic acids is 1. The highest BCUT2D eigenvalue weighted by Crippen LogP contribution is 2.13. The van der Waals surface area contributed by atoms with Gasteiger partial charge in [0.25, 0.3) is 0 Å². The lowest BCUT2D eigenvalue weighted by Crippen LogP contribution is -2.16. The molecule has 0 atom stereocenters. The normalized spacial score (nSPS) is 11.5. The first-order valence-corrected chi connectivity index (χ1v) is 12.4. The second-order valence-electron chi connectivity index (χ2n) is 8.28. The Bertz CT molecular complexity index is 565. The van der Waals surface area contributed by atoms with E-state index in [0.717, 1.165) is 18.4 Å². The SMILES string of the molecule is CCCCCCCCCCCCCCCCCC(=O)N/N=C\C=C/c1ccccc1. The largest absolute Gasteiger partial charge is 0.273 e. The topological polar surface area (TPSA) is 41.5 Å². The zero-order valence-electron chi connectivity index (χ0n) is 19.3. The van der Waals surface area contributed by atoms with Gasteiger partial charge >= 0.3 is 0 Å². The van der Waals surface area contributed by atoms with Gasteiger partial charge in [-0.25, -0.2) is 5.43 Å². The summed E-state index contributed by atoms with van der Waals surface area (Å²) in [4.78, 5) is 11.8. The van der Waals surface area contributed by atoms with E-state index < -0.39 is 0 Å². The fourth-order valence-electron chi connectivity index (χ4n) is 3.58. The first kappa shape index (κ1) is 26.1. The monoisotopic (exact) mass is 412 g/mol. The number of nitrogens with zero attached hydrogens (tertiary/aromatic N) is 1. The average Bonchev–Trinajstić information content (AvgIpc) is 2.77. The molecule has 3 nitrogen and oxygen atoms in total. The van der Waals surface area contributed by atoms with Crippen molar-refractivity contribution in [2.45, 2.75) is 110 Å². The Morgan fingerprint density at radius 1 is 0.767 bits per heavy atom. The van der Waals surface area contributed by atoms with Gasteiger partial charge in [-0.1, -0.05) is 133 Å². The lowest BCUT2D eigenvalue weighted by Gasteiger charge is -2.03. The van der Waals surface area contributed by atoms with E-state index in [2.05, 4.69) is 17.5 Å². The summed E-state index contributed by atoms with van der Waals surface area (Å²) in [6.45, 7) is 2.28. The number of allylic oxidation sites excluding steroid dienone is 1.